The molecule has 0 aliphatic rings. The van der Waals surface area contributed by atoms with Crippen LogP contribution in [-0.4, -0.2) is 28.9 Å². The van der Waals surface area contributed by atoms with E-state index in [1.165, 1.54) is 24.3 Å². The number of nitrogens with one attached hydrogen (secondary N) is 2. The first kappa shape index (κ1) is 24.6. The van der Waals surface area contributed by atoms with Crippen molar-refractivity contribution in [1.82, 2.24) is 5.32 Å². The van der Waals surface area contributed by atoms with E-state index in [0.717, 1.165) is 29.8 Å². The molecule has 2 amide bonds. The van der Waals surface area contributed by atoms with Gasteiger partial charge in [0.05, 0.1) is 10.6 Å². The Balaban J connectivity index is 1.77. The molecule has 0 bridgehead atoms. The molecule has 0 saturated heterocycles. The van der Waals surface area contributed by atoms with E-state index in [0.29, 0.717) is 5.69 Å². The van der Waals surface area contributed by atoms with Crippen LogP contribution in [0.25, 0.3) is 6.08 Å². The molecule has 174 valence electrons. The Morgan fingerprint density at radius 1 is 0.971 bits per heavy atom. The SMILES string of the molecule is O=C(C=Cc1c(F)ccc(Cl)c1F)NC(Cc1ccccc1)C(=O)Nc1ccc(C(=O)O)cc1. The predicted octanol–water partition coefficient (Wildman–Crippen LogP) is 4.70. The third-order valence-electron chi connectivity index (χ3n) is 4.80. The van der Waals surface area contributed by atoms with Gasteiger partial charge in [0.25, 0.3) is 0 Å². The van der Waals surface area contributed by atoms with Crippen molar-refractivity contribution >= 4 is 41.1 Å². The van der Waals surface area contributed by atoms with Crippen molar-refractivity contribution in [2.45, 2.75) is 12.5 Å². The number of amides is 2. The zero-order valence-corrected chi connectivity index (χ0v) is 18.4. The summed E-state index contributed by atoms with van der Waals surface area (Å²) < 4.78 is 28.0. The number of rotatable bonds is 8. The van der Waals surface area contributed by atoms with Gasteiger partial charge in [-0.1, -0.05) is 41.9 Å². The van der Waals surface area contributed by atoms with Gasteiger partial charge >= 0.3 is 5.97 Å². The number of carbonyl (C=O) groups is 3. The summed E-state index contributed by atoms with van der Waals surface area (Å²) >= 11 is 5.66. The lowest BCUT2D eigenvalue weighted by molar-refractivity contribution is -0.123. The lowest BCUT2D eigenvalue weighted by atomic mass is 10.0. The highest BCUT2D eigenvalue weighted by molar-refractivity contribution is 6.30. The minimum Gasteiger partial charge on any atom is -0.478 e. The number of carboxylic acids is 1. The minimum atomic E-state index is -1.11. The van der Waals surface area contributed by atoms with Gasteiger partial charge in [0.2, 0.25) is 11.8 Å². The van der Waals surface area contributed by atoms with Gasteiger partial charge in [-0.3, -0.25) is 9.59 Å². The Bertz CT molecular complexity index is 1230. The summed E-state index contributed by atoms with van der Waals surface area (Å²) in [5.41, 5.74) is 0.670. The Morgan fingerprint density at radius 2 is 1.65 bits per heavy atom. The molecule has 1 atom stereocenters. The van der Waals surface area contributed by atoms with Crippen LogP contribution in [0.4, 0.5) is 14.5 Å². The van der Waals surface area contributed by atoms with Gasteiger partial charge in [-0.05, 0) is 48.0 Å². The molecule has 3 aromatic carbocycles. The molecule has 0 heterocycles. The van der Waals surface area contributed by atoms with Crippen molar-refractivity contribution in [2.24, 2.45) is 0 Å². The first-order chi connectivity index (χ1) is 16.2. The molecule has 0 aromatic heterocycles. The van der Waals surface area contributed by atoms with Crippen LogP contribution in [0.1, 0.15) is 21.5 Å². The first-order valence-corrected chi connectivity index (χ1v) is 10.4. The summed E-state index contributed by atoms with van der Waals surface area (Å²) in [6.07, 6.45) is 1.98. The van der Waals surface area contributed by atoms with Crippen LogP contribution < -0.4 is 10.6 Å². The fourth-order valence-electron chi connectivity index (χ4n) is 3.06. The molecule has 3 rings (SSSR count). The maximum absolute atomic E-state index is 14.1. The molecule has 0 aliphatic heterocycles. The molecule has 1 unspecified atom stereocenters. The standard InChI is InChI=1S/C25H19ClF2N2O4/c26-19-11-12-20(27)18(23(19)28)10-13-22(31)30-21(14-15-4-2-1-3-5-15)24(32)29-17-8-6-16(7-9-17)25(33)34/h1-13,21H,14H2,(H,29,32)(H,30,31)(H,33,34). The Morgan fingerprint density at radius 3 is 2.29 bits per heavy atom. The summed E-state index contributed by atoms with van der Waals surface area (Å²) in [7, 11) is 0. The third kappa shape index (κ3) is 6.49. The van der Waals surface area contributed by atoms with E-state index in [1.807, 2.05) is 0 Å². The summed E-state index contributed by atoms with van der Waals surface area (Å²) in [6.45, 7) is 0. The smallest absolute Gasteiger partial charge is 0.335 e. The van der Waals surface area contributed by atoms with Gasteiger partial charge in [-0.25, -0.2) is 13.6 Å². The first-order valence-electron chi connectivity index (χ1n) is 10.0. The van der Waals surface area contributed by atoms with E-state index in [-0.39, 0.29) is 17.0 Å². The van der Waals surface area contributed by atoms with Crippen molar-refractivity contribution < 1.29 is 28.3 Å². The lowest BCUT2D eigenvalue weighted by Crippen LogP contribution is -2.44. The maximum atomic E-state index is 14.1. The topological polar surface area (TPSA) is 95.5 Å². The van der Waals surface area contributed by atoms with E-state index in [9.17, 15) is 23.2 Å². The Labute approximate surface area is 198 Å². The molecule has 0 spiro atoms. The van der Waals surface area contributed by atoms with Crippen molar-refractivity contribution in [2.75, 3.05) is 5.32 Å². The van der Waals surface area contributed by atoms with E-state index in [4.69, 9.17) is 16.7 Å². The van der Waals surface area contributed by atoms with Crippen molar-refractivity contribution in [3.8, 4) is 0 Å². The summed E-state index contributed by atoms with van der Waals surface area (Å²) in [5, 5.41) is 13.9. The molecule has 0 saturated carbocycles. The number of carbonyl (C=O) groups excluding carboxylic acids is 2. The van der Waals surface area contributed by atoms with Crippen LogP contribution >= 0.6 is 11.6 Å². The van der Waals surface area contributed by atoms with Gasteiger partial charge in [0.15, 0.2) is 5.82 Å². The highest BCUT2D eigenvalue weighted by Gasteiger charge is 2.21. The summed E-state index contributed by atoms with van der Waals surface area (Å²) in [6, 6.07) is 15.4. The van der Waals surface area contributed by atoms with Gasteiger partial charge in [-0.15, -0.1) is 0 Å². The second-order valence-electron chi connectivity index (χ2n) is 7.21. The molecule has 34 heavy (non-hydrogen) atoms. The monoisotopic (exact) mass is 484 g/mol. The van der Waals surface area contributed by atoms with Crippen LogP contribution in [0, 0.1) is 11.6 Å². The van der Waals surface area contributed by atoms with E-state index in [2.05, 4.69) is 10.6 Å². The largest absolute Gasteiger partial charge is 0.478 e. The molecular formula is C25H19ClF2N2O4. The summed E-state index contributed by atoms with van der Waals surface area (Å²) in [5.74, 6) is -4.32. The molecule has 6 nitrogen and oxygen atoms in total. The molecule has 3 N–H and O–H groups in total. The van der Waals surface area contributed by atoms with E-state index >= 15 is 0 Å². The summed E-state index contributed by atoms with van der Waals surface area (Å²) in [4.78, 5) is 36.4. The van der Waals surface area contributed by atoms with Gasteiger partial charge in [0.1, 0.15) is 11.9 Å². The van der Waals surface area contributed by atoms with Gasteiger partial charge in [-0.2, -0.15) is 0 Å². The number of anilines is 1. The number of hydrogen-bond acceptors (Lipinski definition) is 3. The Hall–Kier alpha value is -4.04. The number of hydrogen-bond donors (Lipinski definition) is 3. The number of halogens is 3. The average Bonchev–Trinajstić information content (AvgIpc) is 2.82. The normalized spacial score (nSPS) is 11.7. The maximum Gasteiger partial charge on any atom is 0.335 e. The highest BCUT2D eigenvalue weighted by atomic mass is 35.5. The number of aromatic carboxylic acids is 1. The highest BCUT2D eigenvalue weighted by Crippen LogP contribution is 2.22. The zero-order chi connectivity index (χ0) is 24.7. The Kier molecular flexibility index (Phi) is 8.10. The lowest BCUT2D eigenvalue weighted by Gasteiger charge is -2.18. The second-order valence-corrected chi connectivity index (χ2v) is 7.62. The van der Waals surface area contributed by atoms with Crippen LogP contribution in [0.3, 0.4) is 0 Å². The third-order valence-corrected chi connectivity index (χ3v) is 5.09. The van der Waals surface area contributed by atoms with Crippen LogP contribution in [0.5, 0.6) is 0 Å². The van der Waals surface area contributed by atoms with Crippen LogP contribution in [0.15, 0.2) is 72.8 Å². The quantitative estimate of drug-likeness (QED) is 0.319. The van der Waals surface area contributed by atoms with Gasteiger partial charge < -0.3 is 15.7 Å². The van der Waals surface area contributed by atoms with Crippen molar-refractivity contribution in [1.29, 1.82) is 0 Å². The average molecular weight is 485 g/mol. The van der Waals surface area contributed by atoms with Crippen LogP contribution in [0.2, 0.25) is 5.02 Å². The molecule has 9 heteroatoms. The molecule has 3 aromatic rings. The number of carboxylic acid groups (broad SMARTS) is 1. The van der Waals surface area contributed by atoms with E-state index < -0.39 is 41.0 Å². The fourth-order valence-corrected chi connectivity index (χ4v) is 3.22. The molecular weight excluding hydrogens is 466 g/mol. The molecule has 0 aliphatic carbocycles. The minimum absolute atomic E-state index is 0.0535. The zero-order valence-electron chi connectivity index (χ0n) is 17.6. The number of benzene rings is 3. The second kappa shape index (κ2) is 11.2. The predicted molar refractivity (Wildman–Crippen MR) is 125 cm³/mol. The molecule has 0 radical (unpaired) electrons. The molecule has 0 fully saturated rings. The van der Waals surface area contributed by atoms with E-state index in [1.54, 1.807) is 30.3 Å². The van der Waals surface area contributed by atoms with Gasteiger partial charge in [0, 0.05) is 23.7 Å². The van der Waals surface area contributed by atoms with Crippen LogP contribution in [-0.2, 0) is 16.0 Å². The van der Waals surface area contributed by atoms with Crippen molar-refractivity contribution in [3.05, 3.63) is 106 Å². The van der Waals surface area contributed by atoms with Crippen molar-refractivity contribution in [3.63, 3.8) is 0 Å². The fraction of sp³-hybridized carbons (Fsp3) is 0.0800.